The standard InChI is InChI=1S/C15H12O4/c1-3-15(17)19-14-7-5-11-8-13(18-10(2)16)6-4-12(11)9-14/h3-9H,1H2,2H3. The minimum Gasteiger partial charge on any atom is -0.427 e. The molecule has 0 spiro atoms. The van der Waals surface area contributed by atoms with Crippen LogP contribution < -0.4 is 9.47 Å². The van der Waals surface area contributed by atoms with Crippen molar-refractivity contribution in [2.75, 3.05) is 0 Å². The van der Waals surface area contributed by atoms with E-state index in [0.29, 0.717) is 11.5 Å². The average Bonchev–Trinajstić information content (AvgIpc) is 2.38. The smallest absolute Gasteiger partial charge is 0.335 e. The Balaban J connectivity index is 2.32. The van der Waals surface area contributed by atoms with Gasteiger partial charge in [0.05, 0.1) is 0 Å². The maximum absolute atomic E-state index is 11.1. The van der Waals surface area contributed by atoms with Crippen molar-refractivity contribution in [1.29, 1.82) is 0 Å². The quantitative estimate of drug-likeness (QED) is 0.481. The van der Waals surface area contributed by atoms with Gasteiger partial charge in [0.1, 0.15) is 11.5 Å². The van der Waals surface area contributed by atoms with Crippen molar-refractivity contribution in [2.45, 2.75) is 6.92 Å². The highest BCUT2D eigenvalue weighted by molar-refractivity contribution is 5.88. The van der Waals surface area contributed by atoms with Crippen LogP contribution in [0.5, 0.6) is 11.5 Å². The van der Waals surface area contributed by atoms with Crippen LogP contribution in [0, 0.1) is 0 Å². The van der Waals surface area contributed by atoms with Crippen LogP contribution >= 0.6 is 0 Å². The topological polar surface area (TPSA) is 52.6 Å². The number of esters is 2. The van der Waals surface area contributed by atoms with Gasteiger partial charge in [-0.3, -0.25) is 4.79 Å². The molecule has 2 rings (SSSR count). The van der Waals surface area contributed by atoms with E-state index < -0.39 is 5.97 Å². The summed E-state index contributed by atoms with van der Waals surface area (Å²) < 4.78 is 10.0. The first kappa shape index (κ1) is 12.8. The summed E-state index contributed by atoms with van der Waals surface area (Å²) in [5, 5.41) is 1.77. The van der Waals surface area contributed by atoms with E-state index in [4.69, 9.17) is 9.47 Å². The summed E-state index contributed by atoms with van der Waals surface area (Å²) in [5.41, 5.74) is 0. The van der Waals surface area contributed by atoms with E-state index in [-0.39, 0.29) is 5.97 Å². The summed E-state index contributed by atoms with van der Waals surface area (Å²) in [7, 11) is 0. The van der Waals surface area contributed by atoms with Crippen molar-refractivity contribution >= 4 is 22.7 Å². The molecule has 96 valence electrons. The molecule has 4 heteroatoms. The number of fused-ring (bicyclic) bond motifs is 1. The molecule has 0 aromatic heterocycles. The molecule has 0 aliphatic carbocycles. The molecule has 2 aromatic rings. The fourth-order valence-electron chi connectivity index (χ4n) is 1.65. The van der Waals surface area contributed by atoms with Gasteiger partial charge in [-0.2, -0.15) is 0 Å². The molecule has 0 radical (unpaired) electrons. The van der Waals surface area contributed by atoms with E-state index in [2.05, 4.69) is 6.58 Å². The van der Waals surface area contributed by atoms with E-state index in [1.807, 2.05) is 0 Å². The van der Waals surface area contributed by atoms with Gasteiger partial charge in [0.2, 0.25) is 0 Å². The molecule has 0 atom stereocenters. The molecule has 0 amide bonds. The lowest BCUT2D eigenvalue weighted by molar-refractivity contribution is -0.132. The van der Waals surface area contributed by atoms with Crippen LogP contribution in [0.25, 0.3) is 10.8 Å². The van der Waals surface area contributed by atoms with Gasteiger partial charge in [-0.25, -0.2) is 4.79 Å². The van der Waals surface area contributed by atoms with Gasteiger partial charge in [-0.1, -0.05) is 18.7 Å². The van der Waals surface area contributed by atoms with Gasteiger partial charge in [0.25, 0.3) is 0 Å². The van der Waals surface area contributed by atoms with Crippen LogP contribution in [-0.2, 0) is 9.59 Å². The van der Waals surface area contributed by atoms with Crippen LogP contribution in [-0.4, -0.2) is 11.9 Å². The predicted octanol–water partition coefficient (Wildman–Crippen LogP) is 2.86. The monoisotopic (exact) mass is 256 g/mol. The van der Waals surface area contributed by atoms with Crippen LogP contribution in [0.15, 0.2) is 49.1 Å². The molecule has 2 aromatic carbocycles. The Kier molecular flexibility index (Phi) is 3.61. The lowest BCUT2D eigenvalue weighted by Crippen LogP contribution is -2.03. The fourth-order valence-corrected chi connectivity index (χ4v) is 1.65. The van der Waals surface area contributed by atoms with Gasteiger partial charge >= 0.3 is 11.9 Å². The Morgan fingerprint density at radius 2 is 1.53 bits per heavy atom. The highest BCUT2D eigenvalue weighted by Crippen LogP contribution is 2.25. The van der Waals surface area contributed by atoms with Gasteiger partial charge in [-0.15, -0.1) is 0 Å². The Morgan fingerprint density at radius 1 is 1.00 bits per heavy atom. The van der Waals surface area contributed by atoms with Gasteiger partial charge < -0.3 is 9.47 Å². The van der Waals surface area contributed by atoms with E-state index in [1.54, 1.807) is 36.4 Å². The molecule has 0 saturated heterocycles. The SMILES string of the molecule is C=CC(=O)Oc1ccc2cc(OC(C)=O)ccc2c1. The van der Waals surface area contributed by atoms with Crippen molar-refractivity contribution in [3.05, 3.63) is 49.1 Å². The summed E-state index contributed by atoms with van der Waals surface area (Å²) in [4.78, 5) is 22.0. The largest absolute Gasteiger partial charge is 0.427 e. The van der Waals surface area contributed by atoms with Gasteiger partial charge in [-0.05, 0) is 35.0 Å². The summed E-state index contributed by atoms with van der Waals surface area (Å²) in [5.74, 6) is 0.0558. The number of carbonyl (C=O) groups excluding carboxylic acids is 2. The third-order valence-electron chi connectivity index (χ3n) is 2.43. The number of benzene rings is 2. The van der Waals surface area contributed by atoms with E-state index >= 15 is 0 Å². The highest BCUT2D eigenvalue weighted by atomic mass is 16.5. The molecule has 0 heterocycles. The molecule has 0 aliphatic rings. The Morgan fingerprint density at radius 3 is 2.00 bits per heavy atom. The van der Waals surface area contributed by atoms with E-state index in [1.165, 1.54) is 6.92 Å². The number of hydrogen-bond acceptors (Lipinski definition) is 4. The van der Waals surface area contributed by atoms with E-state index in [0.717, 1.165) is 16.8 Å². The number of hydrogen-bond donors (Lipinski definition) is 0. The normalized spacial score (nSPS) is 9.95. The second-order valence-electron chi connectivity index (χ2n) is 3.89. The zero-order valence-corrected chi connectivity index (χ0v) is 10.4. The second-order valence-corrected chi connectivity index (χ2v) is 3.89. The maximum atomic E-state index is 11.1. The predicted molar refractivity (Wildman–Crippen MR) is 71.1 cm³/mol. The van der Waals surface area contributed by atoms with Crippen molar-refractivity contribution in [2.24, 2.45) is 0 Å². The number of carbonyl (C=O) groups is 2. The summed E-state index contributed by atoms with van der Waals surface area (Å²) in [6.45, 7) is 4.68. The Hall–Kier alpha value is -2.62. The molecule has 4 nitrogen and oxygen atoms in total. The first-order valence-corrected chi connectivity index (χ1v) is 5.65. The maximum Gasteiger partial charge on any atom is 0.335 e. The molecule has 0 saturated carbocycles. The first-order chi connectivity index (χ1) is 9.08. The Bertz CT molecular complexity index is 658. The zero-order chi connectivity index (χ0) is 13.8. The molecule has 0 aliphatic heterocycles. The Labute approximate surface area is 110 Å². The van der Waals surface area contributed by atoms with Gasteiger partial charge in [0.15, 0.2) is 0 Å². The summed E-state index contributed by atoms with van der Waals surface area (Å²) in [6, 6.07) is 10.4. The zero-order valence-electron chi connectivity index (χ0n) is 10.4. The van der Waals surface area contributed by atoms with Crippen LogP contribution in [0.2, 0.25) is 0 Å². The lowest BCUT2D eigenvalue weighted by atomic mass is 10.1. The van der Waals surface area contributed by atoms with Crippen molar-refractivity contribution < 1.29 is 19.1 Å². The van der Waals surface area contributed by atoms with Crippen LogP contribution in [0.4, 0.5) is 0 Å². The second kappa shape index (κ2) is 5.35. The van der Waals surface area contributed by atoms with E-state index in [9.17, 15) is 9.59 Å². The molecule has 19 heavy (non-hydrogen) atoms. The fraction of sp³-hybridized carbons (Fsp3) is 0.0667. The molecular formula is C15H12O4. The van der Waals surface area contributed by atoms with Crippen LogP contribution in [0.1, 0.15) is 6.92 Å². The summed E-state index contributed by atoms with van der Waals surface area (Å²) >= 11 is 0. The third kappa shape index (κ3) is 3.19. The first-order valence-electron chi connectivity index (χ1n) is 5.65. The summed E-state index contributed by atoms with van der Waals surface area (Å²) in [6.07, 6.45) is 1.11. The minimum absolute atomic E-state index is 0.365. The minimum atomic E-state index is -0.504. The van der Waals surface area contributed by atoms with Crippen molar-refractivity contribution in [3.8, 4) is 11.5 Å². The number of rotatable bonds is 3. The highest BCUT2D eigenvalue weighted by Gasteiger charge is 2.04. The molecular weight excluding hydrogens is 244 g/mol. The number of ether oxygens (including phenoxy) is 2. The van der Waals surface area contributed by atoms with Crippen LogP contribution in [0.3, 0.4) is 0 Å². The van der Waals surface area contributed by atoms with Crippen molar-refractivity contribution in [1.82, 2.24) is 0 Å². The van der Waals surface area contributed by atoms with Gasteiger partial charge in [0, 0.05) is 13.0 Å². The average molecular weight is 256 g/mol. The third-order valence-corrected chi connectivity index (χ3v) is 2.43. The lowest BCUT2D eigenvalue weighted by Gasteiger charge is -2.05. The molecule has 0 bridgehead atoms. The van der Waals surface area contributed by atoms with Crippen molar-refractivity contribution in [3.63, 3.8) is 0 Å². The molecule has 0 unspecified atom stereocenters. The molecule has 0 fully saturated rings. The molecule has 0 N–H and O–H groups in total.